The van der Waals surface area contributed by atoms with Crippen molar-refractivity contribution in [1.29, 1.82) is 0 Å². The van der Waals surface area contributed by atoms with E-state index in [9.17, 15) is 43.2 Å². The number of pyridine rings is 4. The lowest BCUT2D eigenvalue weighted by Gasteiger charge is -2.28. The van der Waals surface area contributed by atoms with Crippen LogP contribution in [0.5, 0.6) is 0 Å². The van der Waals surface area contributed by atoms with Gasteiger partial charge in [0.15, 0.2) is 5.78 Å². The Morgan fingerprint density at radius 1 is 0.405 bits per heavy atom. The summed E-state index contributed by atoms with van der Waals surface area (Å²) in [6.45, 7) is 14.1. The maximum absolute atomic E-state index is 12.8. The molecule has 7 aromatic heterocycles. The molecule has 0 saturated carbocycles. The average molecular weight is 1700 g/mol. The zero-order chi connectivity index (χ0) is 89.2. The maximum Gasteiger partial charge on any atom is 0.271 e. The molecule has 6 aromatic carbocycles. The number of hydrogen-bond acceptors (Lipinski definition) is 22. The van der Waals surface area contributed by atoms with Crippen molar-refractivity contribution in [2.45, 2.75) is 78.1 Å². The summed E-state index contributed by atoms with van der Waals surface area (Å²) >= 11 is 0. The molecule has 4 amide bonds. The van der Waals surface area contributed by atoms with Gasteiger partial charge in [-0.15, -0.1) is 0 Å². The maximum atomic E-state index is 12.8. The fourth-order valence-corrected chi connectivity index (χ4v) is 13.8. The van der Waals surface area contributed by atoms with Crippen molar-refractivity contribution in [3.8, 4) is 44.9 Å². The number of nitrogens with one attached hydrogen (secondary N) is 12. The van der Waals surface area contributed by atoms with Crippen LogP contribution < -0.4 is 79.5 Å². The highest BCUT2D eigenvalue weighted by molar-refractivity contribution is 6.11. The highest BCUT2D eigenvalue weighted by atomic mass is 16.2. The van der Waals surface area contributed by atoms with E-state index in [0.29, 0.717) is 85.0 Å². The lowest BCUT2D eigenvalue weighted by Crippen LogP contribution is -2.29. The third kappa shape index (κ3) is 24.1. The topological polar surface area (TPSA) is 400 Å². The smallest absolute Gasteiger partial charge is 0.271 e. The van der Waals surface area contributed by atoms with Crippen LogP contribution in [0.4, 0.5) is 57.7 Å². The predicted molar refractivity (Wildman–Crippen MR) is 500 cm³/mol. The molecule has 30 nitrogen and oxygen atoms in total. The number of amides is 4. The lowest BCUT2D eigenvalue weighted by molar-refractivity contribution is 0.101. The number of hydrogen-bond donors (Lipinski definition) is 12. The van der Waals surface area contributed by atoms with Crippen LogP contribution in [0.1, 0.15) is 135 Å². The van der Waals surface area contributed by atoms with Gasteiger partial charge in [-0.1, -0.05) is 94.4 Å². The third-order valence-corrected chi connectivity index (χ3v) is 21.1. The van der Waals surface area contributed by atoms with E-state index >= 15 is 0 Å². The van der Waals surface area contributed by atoms with Crippen molar-refractivity contribution in [1.82, 2.24) is 55.2 Å². The number of carbonyl (C=O) groups excluding carboxylic acids is 5. The molecule has 12 N–H and O–H groups in total. The fourth-order valence-electron chi connectivity index (χ4n) is 13.8. The Morgan fingerprint density at radius 3 is 1.27 bits per heavy atom. The quantitative estimate of drug-likeness (QED) is 0.0250. The van der Waals surface area contributed by atoms with Crippen molar-refractivity contribution in [2.24, 2.45) is 0 Å². The average Bonchev–Trinajstić information content (AvgIpc) is 0.824. The molecule has 2 aliphatic rings. The summed E-state index contributed by atoms with van der Waals surface area (Å²) in [5, 5.41) is 22.8. The molecular formula is C96H103N21O9. The second-order valence-electron chi connectivity index (χ2n) is 30.9. The Morgan fingerprint density at radius 2 is 0.817 bits per heavy atom. The van der Waals surface area contributed by atoms with Gasteiger partial charge in [0.05, 0.1) is 17.1 Å². The van der Waals surface area contributed by atoms with Crippen molar-refractivity contribution in [3.63, 3.8) is 0 Å². The van der Waals surface area contributed by atoms with Gasteiger partial charge < -0.3 is 77.2 Å². The Hall–Kier alpha value is -15.3. The van der Waals surface area contributed by atoms with Gasteiger partial charge in [-0.2, -0.15) is 0 Å². The molecule has 2 saturated heterocycles. The van der Waals surface area contributed by atoms with Gasteiger partial charge in [0.1, 0.15) is 22.7 Å². The monoisotopic (exact) mass is 1690 g/mol. The number of aromatic nitrogens is 10. The van der Waals surface area contributed by atoms with Crippen molar-refractivity contribution >= 4 is 87.1 Å². The van der Waals surface area contributed by atoms with Gasteiger partial charge in [0.2, 0.25) is 17.8 Å². The van der Waals surface area contributed by atoms with E-state index in [-0.39, 0.29) is 68.3 Å². The molecule has 0 atom stereocenters. The summed E-state index contributed by atoms with van der Waals surface area (Å²) in [5.74, 6) is -0.0501. The van der Waals surface area contributed by atoms with Crippen LogP contribution in [-0.2, 0) is 11.8 Å². The van der Waals surface area contributed by atoms with Crippen LogP contribution in [-0.4, -0.2) is 154 Å². The van der Waals surface area contributed by atoms with E-state index in [2.05, 4.69) is 123 Å². The number of likely N-dealkylation sites (N-methyl/N-ethyl adjacent to an activating group) is 2. The Labute approximate surface area is 729 Å². The first kappa shape index (κ1) is 89.9. The molecule has 30 heteroatoms. The minimum absolute atomic E-state index is 0.0162. The predicted octanol–water partition coefficient (Wildman–Crippen LogP) is 14.4. The minimum Gasteiger partial charge on any atom is -0.388 e. The van der Waals surface area contributed by atoms with Crippen LogP contribution in [0.15, 0.2) is 250 Å². The molecule has 2 aliphatic heterocycles. The number of carbonyl (C=O) groups is 5. The van der Waals surface area contributed by atoms with E-state index in [4.69, 9.17) is 0 Å². The standard InChI is InChI=1S/C25H31N7O2.C24H28N6O2.C24H19N5O3.C23H25N3O2/c1-26-12-15-31(2)25-27-11-10-21(30-25)19-16-22(24(34)28-17-19)29-23(33)18-6-8-20(9-7-18)32-13-4-3-5-14-32;1-3-18-14-20(29-24(25-2)27-18)17-13-21(23(32)26-15-17)28-22(31)16-7-9-19(10-8-16)30-11-5-4-6-12-30;1-25-24-26-12-11-19(29-24)18-13-20(23(32)27-14-18)28-22(31)17-9-7-16(8-10-17)21(30)15-5-3-2-4-6-15;1-23(2,3)18-10-8-15(9-11-18)21(27)26-20-13-17(14-25-22(20)28)16-6-5-7-19(12-16)24-4/h6-11,16-17,26H,3-5,12-15H2,1-2H3,(H,28,34)(H,29,33);7-10,13-15H,3-6,11-12H2,1-2H3,(H,26,32)(H,28,31)(H,25,27,29);2-14H,1H3,(H,27,32)(H,28,31)(H,25,26,29);5-14,24H,1-4H3,(H,25,28)(H,26,27). The van der Waals surface area contributed by atoms with Crippen LogP contribution in [0.2, 0.25) is 0 Å². The summed E-state index contributed by atoms with van der Waals surface area (Å²) in [6, 6.07) is 57.4. The first-order valence-electron chi connectivity index (χ1n) is 41.7. The molecule has 0 unspecified atom stereocenters. The number of aryl methyl sites for hydroxylation is 1. The molecule has 2 fully saturated rings. The van der Waals surface area contributed by atoms with Gasteiger partial charge in [-0.25, -0.2) is 29.9 Å². The van der Waals surface area contributed by atoms with Crippen molar-refractivity contribution in [3.05, 3.63) is 317 Å². The van der Waals surface area contributed by atoms with Crippen LogP contribution >= 0.6 is 0 Å². The largest absolute Gasteiger partial charge is 0.388 e. The summed E-state index contributed by atoms with van der Waals surface area (Å²) in [6.07, 6.45) is 17.7. The third-order valence-electron chi connectivity index (χ3n) is 21.1. The van der Waals surface area contributed by atoms with E-state index < -0.39 is 11.5 Å². The van der Waals surface area contributed by atoms with Crippen molar-refractivity contribution < 1.29 is 24.0 Å². The SMILES string of the molecule is CCc1cc(-c2c[nH]c(=O)c(NC(=O)c3ccc(N4CCCCC4)cc3)c2)nc(NC)n1.CNCCN(C)c1nccc(-c2c[nH]c(=O)c(NC(=O)c3ccc(N4CCCCC4)cc3)c2)n1.CNc1cccc(-c2c[nH]c(=O)c(NC(=O)c3ccc(C(C)(C)C)cc3)c2)c1.CNc1nccc(-c2c[nH]c(=O)c(NC(=O)c3ccc(C(=O)c4ccccc4)cc3)c2)n1. The number of piperidine rings is 2. The van der Waals surface area contributed by atoms with E-state index in [1.807, 2.05) is 106 Å². The lowest BCUT2D eigenvalue weighted by atomic mass is 9.87. The van der Waals surface area contributed by atoms with Crippen LogP contribution in [0.3, 0.4) is 0 Å². The number of rotatable bonds is 24. The molecule has 646 valence electrons. The van der Waals surface area contributed by atoms with Gasteiger partial charge in [0.25, 0.3) is 45.9 Å². The van der Waals surface area contributed by atoms with Gasteiger partial charge in [0, 0.05) is 183 Å². The molecule has 0 radical (unpaired) electrons. The van der Waals surface area contributed by atoms with Crippen LogP contribution in [0, 0.1) is 0 Å². The first-order valence-corrected chi connectivity index (χ1v) is 41.7. The van der Waals surface area contributed by atoms with Gasteiger partial charge in [-0.3, -0.25) is 43.2 Å². The molecule has 0 bridgehead atoms. The highest BCUT2D eigenvalue weighted by Gasteiger charge is 2.22. The number of benzene rings is 6. The number of H-pyrrole nitrogens is 4. The summed E-state index contributed by atoms with van der Waals surface area (Å²) in [4.78, 5) is 156. The molecule has 13 aromatic rings. The first-order chi connectivity index (χ1) is 60.9. The van der Waals surface area contributed by atoms with Crippen LogP contribution in [0.25, 0.3) is 44.9 Å². The number of nitrogens with zero attached hydrogens (tertiary/aromatic N) is 9. The molecule has 9 heterocycles. The summed E-state index contributed by atoms with van der Waals surface area (Å²) < 4.78 is 0. The van der Waals surface area contributed by atoms with E-state index in [1.54, 1.807) is 166 Å². The Kier molecular flexibility index (Phi) is 30.6. The van der Waals surface area contributed by atoms with Gasteiger partial charge in [-0.05, 0) is 196 Å². The normalized spacial score (nSPS) is 12.2. The molecule has 15 rings (SSSR count). The van der Waals surface area contributed by atoms with Gasteiger partial charge >= 0.3 is 0 Å². The zero-order valence-electron chi connectivity index (χ0n) is 71.8. The molecule has 0 aliphatic carbocycles. The van der Waals surface area contributed by atoms with E-state index in [1.165, 1.54) is 44.7 Å². The Bertz CT molecular complexity index is 6180. The number of ketones is 1. The summed E-state index contributed by atoms with van der Waals surface area (Å²) in [7, 11) is 9.13. The second-order valence-corrected chi connectivity index (χ2v) is 30.9. The molecule has 0 spiro atoms. The second kappa shape index (κ2) is 42.9. The summed E-state index contributed by atoms with van der Waals surface area (Å²) in [5.41, 5.74) is 12.9. The Balaban J connectivity index is 0.000000153. The highest BCUT2D eigenvalue weighted by Crippen LogP contribution is 2.30. The molecular weight excluding hydrogens is 1590 g/mol. The zero-order valence-corrected chi connectivity index (χ0v) is 71.8. The minimum atomic E-state index is -0.468. The fraction of sp³-hybridized carbons (Fsp3) is 0.240. The van der Waals surface area contributed by atoms with Crippen molar-refractivity contribution in [2.75, 3.05) is 126 Å². The molecule has 126 heavy (non-hydrogen) atoms. The van der Waals surface area contributed by atoms with E-state index in [0.717, 1.165) is 85.1 Å². The number of aromatic amines is 4. The number of anilines is 10.